The van der Waals surface area contributed by atoms with E-state index in [9.17, 15) is 4.79 Å². The molecule has 0 amide bonds. The minimum absolute atomic E-state index is 0.0316. The highest BCUT2D eigenvalue weighted by Crippen LogP contribution is 2.35. The van der Waals surface area contributed by atoms with Crippen LogP contribution in [-0.2, 0) is 9.53 Å². The minimum atomic E-state index is 0.0316. The molecule has 2 atom stereocenters. The van der Waals surface area contributed by atoms with Crippen molar-refractivity contribution in [1.29, 1.82) is 0 Å². The lowest BCUT2D eigenvalue weighted by Crippen LogP contribution is -2.43. The van der Waals surface area contributed by atoms with E-state index >= 15 is 0 Å². The molecule has 1 saturated carbocycles. The standard InChI is InChI=1S/C11H19NO2/c1-2-14-11(13)10-4-8-3-9(5-10)7-12-6-8/h8-10,12H,2-7H2,1H3. The van der Waals surface area contributed by atoms with Crippen molar-refractivity contribution in [2.45, 2.75) is 26.2 Å². The number of carbonyl (C=O) groups excluding carboxylic acids is 1. The second-order valence-corrected chi connectivity index (χ2v) is 4.55. The zero-order chi connectivity index (χ0) is 9.97. The molecule has 0 aromatic carbocycles. The van der Waals surface area contributed by atoms with E-state index in [1.807, 2.05) is 6.92 Å². The Hall–Kier alpha value is -0.570. The van der Waals surface area contributed by atoms with E-state index in [0.29, 0.717) is 18.4 Å². The number of fused-ring (bicyclic) bond motifs is 2. The molecule has 1 aliphatic heterocycles. The van der Waals surface area contributed by atoms with Crippen molar-refractivity contribution in [3.05, 3.63) is 0 Å². The van der Waals surface area contributed by atoms with Gasteiger partial charge in [-0.15, -0.1) is 0 Å². The van der Waals surface area contributed by atoms with Crippen LogP contribution >= 0.6 is 0 Å². The Kier molecular flexibility index (Phi) is 3.06. The number of esters is 1. The van der Waals surface area contributed by atoms with Crippen LogP contribution in [0.3, 0.4) is 0 Å². The molecule has 3 heteroatoms. The smallest absolute Gasteiger partial charge is 0.308 e. The zero-order valence-electron chi connectivity index (χ0n) is 8.79. The van der Waals surface area contributed by atoms with E-state index in [4.69, 9.17) is 4.74 Å². The average Bonchev–Trinajstić information content (AvgIpc) is 2.17. The van der Waals surface area contributed by atoms with Crippen LogP contribution in [-0.4, -0.2) is 25.7 Å². The minimum Gasteiger partial charge on any atom is -0.466 e. The molecule has 2 rings (SSSR count). The van der Waals surface area contributed by atoms with Gasteiger partial charge in [0, 0.05) is 0 Å². The topological polar surface area (TPSA) is 38.3 Å². The van der Waals surface area contributed by atoms with Gasteiger partial charge in [0.25, 0.3) is 0 Å². The third-order valence-corrected chi connectivity index (χ3v) is 3.39. The fourth-order valence-corrected chi connectivity index (χ4v) is 2.84. The predicted molar refractivity (Wildman–Crippen MR) is 53.8 cm³/mol. The Balaban J connectivity index is 1.91. The van der Waals surface area contributed by atoms with E-state index in [1.54, 1.807) is 0 Å². The Bertz CT molecular complexity index is 205. The summed E-state index contributed by atoms with van der Waals surface area (Å²) in [5.74, 6) is 1.62. The number of piperidine rings is 1. The van der Waals surface area contributed by atoms with Crippen LogP contribution < -0.4 is 5.32 Å². The first-order valence-electron chi connectivity index (χ1n) is 5.67. The van der Waals surface area contributed by atoms with Crippen molar-refractivity contribution < 1.29 is 9.53 Å². The van der Waals surface area contributed by atoms with Crippen LogP contribution in [0.5, 0.6) is 0 Å². The number of hydrogen-bond donors (Lipinski definition) is 1. The van der Waals surface area contributed by atoms with Crippen LogP contribution in [0.15, 0.2) is 0 Å². The average molecular weight is 197 g/mol. The molecule has 80 valence electrons. The van der Waals surface area contributed by atoms with Gasteiger partial charge < -0.3 is 10.1 Å². The van der Waals surface area contributed by atoms with Gasteiger partial charge in [0.2, 0.25) is 0 Å². The van der Waals surface area contributed by atoms with Gasteiger partial charge in [-0.1, -0.05) is 0 Å². The summed E-state index contributed by atoms with van der Waals surface area (Å²) < 4.78 is 5.09. The first kappa shape index (κ1) is 9.97. The molecular formula is C11H19NO2. The summed E-state index contributed by atoms with van der Waals surface area (Å²) in [6, 6.07) is 0. The molecule has 14 heavy (non-hydrogen) atoms. The molecule has 3 nitrogen and oxygen atoms in total. The lowest BCUT2D eigenvalue weighted by Gasteiger charge is -2.38. The third-order valence-electron chi connectivity index (χ3n) is 3.39. The van der Waals surface area contributed by atoms with Gasteiger partial charge in [-0.05, 0) is 51.1 Å². The molecule has 0 spiro atoms. The monoisotopic (exact) mass is 197 g/mol. The lowest BCUT2D eigenvalue weighted by atomic mass is 9.73. The third kappa shape index (κ3) is 2.08. The number of ether oxygens (including phenoxy) is 1. The Labute approximate surface area is 85.2 Å². The highest BCUT2D eigenvalue weighted by Gasteiger charge is 2.35. The second kappa shape index (κ2) is 4.30. The molecule has 2 aliphatic rings. The Morgan fingerprint density at radius 3 is 2.50 bits per heavy atom. The Morgan fingerprint density at radius 2 is 1.93 bits per heavy atom. The van der Waals surface area contributed by atoms with Crippen molar-refractivity contribution in [3.8, 4) is 0 Å². The molecule has 1 heterocycles. The highest BCUT2D eigenvalue weighted by atomic mass is 16.5. The quantitative estimate of drug-likeness (QED) is 0.676. The molecular weight excluding hydrogens is 178 g/mol. The van der Waals surface area contributed by atoms with Crippen molar-refractivity contribution in [3.63, 3.8) is 0 Å². The van der Waals surface area contributed by atoms with Gasteiger partial charge in [-0.3, -0.25) is 4.79 Å². The second-order valence-electron chi connectivity index (χ2n) is 4.55. The van der Waals surface area contributed by atoms with Gasteiger partial charge in [-0.25, -0.2) is 0 Å². The SMILES string of the molecule is CCOC(=O)C1CC2CNCC(C2)C1. The molecule has 0 radical (unpaired) electrons. The van der Waals surface area contributed by atoms with Gasteiger partial charge in [0.1, 0.15) is 0 Å². The highest BCUT2D eigenvalue weighted by molar-refractivity contribution is 5.72. The van der Waals surface area contributed by atoms with Gasteiger partial charge in [-0.2, -0.15) is 0 Å². The normalized spacial score (nSPS) is 36.5. The molecule has 1 N–H and O–H groups in total. The molecule has 2 fully saturated rings. The first-order chi connectivity index (χ1) is 6.79. The maximum absolute atomic E-state index is 11.6. The van der Waals surface area contributed by atoms with Crippen LogP contribution in [0.4, 0.5) is 0 Å². The summed E-state index contributed by atoms with van der Waals surface area (Å²) in [4.78, 5) is 11.6. The molecule has 1 aliphatic carbocycles. The lowest BCUT2D eigenvalue weighted by molar-refractivity contribution is -0.150. The van der Waals surface area contributed by atoms with E-state index in [-0.39, 0.29) is 11.9 Å². The summed E-state index contributed by atoms with van der Waals surface area (Å²) >= 11 is 0. The summed E-state index contributed by atoms with van der Waals surface area (Å²) in [5.41, 5.74) is 0. The number of hydrogen-bond acceptors (Lipinski definition) is 3. The Morgan fingerprint density at radius 1 is 1.29 bits per heavy atom. The first-order valence-corrected chi connectivity index (χ1v) is 5.67. The zero-order valence-corrected chi connectivity index (χ0v) is 8.79. The summed E-state index contributed by atoms with van der Waals surface area (Å²) in [5, 5.41) is 3.43. The number of carbonyl (C=O) groups is 1. The molecule has 2 bridgehead atoms. The molecule has 0 aromatic heterocycles. The molecule has 1 saturated heterocycles. The van der Waals surface area contributed by atoms with Crippen LogP contribution in [0.25, 0.3) is 0 Å². The summed E-state index contributed by atoms with van der Waals surface area (Å²) in [7, 11) is 0. The molecule has 2 unspecified atom stereocenters. The maximum atomic E-state index is 11.6. The maximum Gasteiger partial charge on any atom is 0.308 e. The molecule has 0 aromatic rings. The van der Waals surface area contributed by atoms with Crippen molar-refractivity contribution >= 4 is 5.97 Å². The van der Waals surface area contributed by atoms with Crippen LogP contribution in [0.2, 0.25) is 0 Å². The van der Waals surface area contributed by atoms with E-state index in [2.05, 4.69) is 5.32 Å². The van der Waals surface area contributed by atoms with E-state index in [1.165, 1.54) is 6.42 Å². The van der Waals surface area contributed by atoms with Crippen molar-refractivity contribution in [1.82, 2.24) is 5.32 Å². The van der Waals surface area contributed by atoms with Crippen LogP contribution in [0, 0.1) is 17.8 Å². The van der Waals surface area contributed by atoms with Crippen LogP contribution in [0.1, 0.15) is 26.2 Å². The van der Waals surface area contributed by atoms with Gasteiger partial charge >= 0.3 is 5.97 Å². The summed E-state index contributed by atoms with van der Waals surface area (Å²) in [6.45, 7) is 4.57. The predicted octanol–water partition coefficient (Wildman–Crippen LogP) is 1.19. The number of nitrogens with one attached hydrogen (secondary N) is 1. The summed E-state index contributed by atoms with van der Waals surface area (Å²) in [6.07, 6.45) is 3.37. The number of rotatable bonds is 2. The van der Waals surface area contributed by atoms with E-state index in [0.717, 1.165) is 25.9 Å². The largest absolute Gasteiger partial charge is 0.466 e. The fraction of sp³-hybridized carbons (Fsp3) is 0.909. The van der Waals surface area contributed by atoms with Gasteiger partial charge in [0.15, 0.2) is 0 Å². The van der Waals surface area contributed by atoms with Gasteiger partial charge in [0.05, 0.1) is 12.5 Å². The fourth-order valence-electron chi connectivity index (χ4n) is 2.84. The van der Waals surface area contributed by atoms with Crippen molar-refractivity contribution in [2.75, 3.05) is 19.7 Å². The van der Waals surface area contributed by atoms with E-state index < -0.39 is 0 Å². The van der Waals surface area contributed by atoms with Crippen molar-refractivity contribution in [2.24, 2.45) is 17.8 Å².